The second kappa shape index (κ2) is 6.78. The Balaban J connectivity index is 2.11. The molecule has 0 aliphatic carbocycles. The van der Waals surface area contributed by atoms with Crippen LogP contribution in [0.3, 0.4) is 0 Å². The van der Waals surface area contributed by atoms with Gasteiger partial charge in [0.2, 0.25) is 0 Å². The topological polar surface area (TPSA) is 38.7 Å². The van der Waals surface area contributed by atoms with Gasteiger partial charge < -0.3 is 14.6 Å². The summed E-state index contributed by atoms with van der Waals surface area (Å²) in [7, 11) is 1.39. The number of halogens is 2. The van der Waals surface area contributed by atoms with Crippen molar-refractivity contribution >= 4 is 11.6 Å². The van der Waals surface area contributed by atoms with E-state index in [1.54, 1.807) is 37.3 Å². The number of aliphatic hydroxyl groups excluding tert-OH is 1. The van der Waals surface area contributed by atoms with Crippen molar-refractivity contribution in [1.82, 2.24) is 0 Å². The van der Waals surface area contributed by atoms with E-state index < -0.39 is 18.0 Å². The number of methoxy groups -OCH3 is 1. The Morgan fingerprint density at radius 1 is 1.19 bits per heavy atom. The van der Waals surface area contributed by atoms with E-state index in [0.717, 1.165) is 0 Å². The molecule has 0 aliphatic heterocycles. The largest absolute Gasteiger partial charge is 0.494 e. The van der Waals surface area contributed by atoms with Gasteiger partial charge in [-0.05, 0) is 42.8 Å². The van der Waals surface area contributed by atoms with Crippen molar-refractivity contribution in [1.29, 1.82) is 0 Å². The van der Waals surface area contributed by atoms with E-state index in [2.05, 4.69) is 0 Å². The van der Waals surface area contributed by atoms with Crippen LogP contribution in [-0.4, -0.2) is 18.3 Å². The molecular formula is C16H16ClFO3. The zero-order valence-electron chi connectivity index (χ0n) is 11.7. The van der Waals surface area contributed by atoms with Crippen LogP contribution in [0, 0.1) is 5.82 Å². The average molecular weight is 311 g/mol. The zero-order chi connectivity index (χ0) is 15.4. The third-order valence-corrected chi connectivity index (χ3v) is 3.32. The zero-order valence-corrected chi connectivity index (χ0v) is 12.5. The molecule has 0 saturated carbocycles. The summed E-state index contributed by atoms with van der Waals surface area (Å²) in [5, 5.41) is 10.8. The second-order valence-corrected chi connectivity index (χ2v) is 5.06. The molecule has 3 nitrogen and oxygen atoms in total. The number of ether oxygens (including phenoxy) is 2. The fourth-order valence-corrected chi connectivity index (χ4v) is 2.14. The standard InChI is InChI=1S/C16H16ClFO3/c1-10(21-13-5-3-4-12(17)9-13)16(19)11-6-7-15(20-2)14(18)8-11/h3-10,16,19H,1-2H3. The first kappa shape index (κ1) is 15.6. The Kier molecular flexibility index (Phi) is 5.04. The quantitative estimate of drug-likeness (QED) is 0.907. The molecule has 0 amide bonds. The van der Waals surface area contributed by atoms with Crippen molar-refractivity contribution in [3.05, 3.63) is 58.9 Å². The molecule has 2 atom stereocenters. The van der Waals surface area contributed by atoms with Gasteiger partial charge in [0.25, 0.3) is 0 Å². The summed E-state index contributed by atoms with van der Waals surface area (Å²) in [5.74, 6) is 0.154. The van der Waals surface area contributed by atoms with Crippen LogP contribution in [0.15, 0.2) is 42.5 Å². The van der Waals surface area contributed by atoms with Crippen molar-refractivity contribution < 1.29 is 19.0 Å². The molecular weight excluding hydrogens is 295 g/mol. The molecule has 2 rings (SSSR count). The molecule has 5 heteroatoms. The second-order valence-electron chi connectivity index (χ2n) is 4.62. The summed E-state index contributed by atoms with van der Waals surface area (Å²) in [6, 6.07) is 11.2. The van der Waals surface area contributed by atoms with Gasteiger partial charge in [-0.1, -0.05) is 23.7 Å². The minimum absolute atomic E-state index is 0.134. The van der Waals surface area contributed by atoms with E-state index in [4.69, 9.17) is 21.1 Å². The van der Waals surface area contributed by atoms with Crippen LogP contribution >= 0.6 is 11.6 Å². The van der Waals surface area contributed by atoms with E-state index in [1.807, 2.05) is 0 Å². The molecule has 0 heterocycles. The molecule has 0 aromatic heterocycles. The summed E-state index contributed by atoms with van der Waals surface area (Å²) in [6.07, 6.45) is -1.53. The maximum absolute atomic E-state index is 13.7. The maximum Gasteiger partial charge on any atom is 0.165 e. The highest BCUT2D eigenvalue weighted by atomic mass is 35.5. The van der Waals surface area contributed by atoms with Crippen LogP contribution in [0.4, 0.5) is 4.39 Å². The fraction of sp³-hybridized carbons (Fsp3) is 0.250. The number of aliphatic hydroxyl groups is 1. The lowest BCUT2D eigenvalue weighted by atomic mass is 10.0. The van der Waals surface area contributed by atoms with E-state index in [0.29, 0.717) is 16.3 Å². The maximum atomic E-state index is 13.7. The fourth-order valence-electron chi connectivity index (χ4n) is 1.96. The normalized spacial score (nSPS) is 13.6. The van der Waals surface area contributed by atoms with Gasteiger partial charge in [-0.15, -0.1) is 0 Å². The number of hydrogen-bond donors (Lipinski definition) is 1. The molecule has 112 valence electrons. The molecule has 21 heavy (non-hydrogen) atoms. The van der Waals surface area contributed by atoms with Gasteiger partial charge in [-0.25, -0.2) is 4.39 Å². The third kappa shape index (κ3) is 3.86. The van der Waals surface area contributed by atoms with Gasteiger partial charge in [-0.3, -0.25) is 0 Å². The molecule has 1 N–H and O–H groups in total. The highest BCUT2D eigenvalue weighted by molar-refractivity contribution is 6.30. The summed E-state index contributed by atoms with van der Waals surface area (Å²) >= 11 is 5.87. The van der Waals surface area contributed by atoms with Crippen LogP contribution in [0.25, 0.3) is 0 Å². The summed E-state index contributed by atoms with van der Waals surface area (Å²) in [5.41, 5.74) is 0.419. The molecule has 0 saturated heterocycles. The van der Waals surface area contributed by atoms with Gasteiger partial charge in [0, 0.05) is 5.02 Å². The van der Waals surface area contributed by atoms with Crippen LogP contribution in [0.2, 0.25) is 5.02 Å². The average Bonchev–Trinajstić information content (AvgIpc) is 2.46. The van der Waals surface area contributed by atoms with Gasteiger partial charge in [-0.2, -0.15) is 0 Å². The molecule has 2 aromatic rings. The molecule has 0 spiro atoms. The van der Waals surface area contributed by atoms with Crippen molar-refractivity contribution in [3.8, 4) is 11.5 Å². The van der Waals surface area contributed by atoms with E-state index in [-0.39, 0.29) is 5.75 Å². The molecule has 2 unspecified atom stereocenters. The number of benzene rings is 2. The predicted octanol–water partition coefficient (Wildman–Crippen LogP) is 3.99. The Hall–Kier alpha value is -1.78. The lowest BCUT2D eigenvalue weighted by molar-refractivity contribution is 0.0465. The molecule has 0 bridgehead atoms. The SMILES string of the molecule is COc1ccc(C(O)C(C)Oc2cccc(Cl)c2)cc1F. The van der Waals surface area contributed by atoms with Gasteiger partial charge >= 0.3 is 0 Å². The van der Waals surface area contributed by atoms with Gasteiger partial charge in [0.05, 0.1) is 7.11 Å². The highest BCUT2D eigenvalue weighted by Crippen LogP contribution is 2.26. The number of rotatable bonds is 5. The van der Waals surface area contributed by atoms with E-state index in [1.165, 1.54) is 19.2 Å². The Morgan fingerprint density at radius 3 is 2.57 bits per heavy atom. The third-order valence-electron chi connectivity index (χ3n) is 3.08. The minimum Gasteiger partial charge on any atom is -0.494 e. The van der Waals surface area contributed by atoms with E-state index in [9.17, 15) is 9.50 Å². The smallest absolute Gasteiger partial charge is 0.165 e. The van der Waals surface area contributed by atoms with Crippen LogP contribution in [0.5, 0.6) is 11.5 Å². The van der Waals surface area contributed by atoms with Gasteiger partial charge in [0.15, 0.2) is 11.6 Å². The number of hydrogen-bond acceptors (Lipinski definition) is 3. The minimum atomic E-state index is -0.968. The Morgan fingerprint density at radius 2 is 1.95 bits per heavy atom. The monoisotopic (exact) mass is 310 g/mol. The summed E-state index contributed by atoms with van der Waals surface area (Å²) in [6.45, 7) is 1.70. The first-order valence-electron chi connectivity index (χ1n) is 6.45. The van der Waals surface area contributed by atoms with Gasteiger partial charge in [0.1, 0.15) is 18.0 Å². The van der Waals surface area contributed by atoms with Crippen molar-refractivity contribution in [2.75, 3.05) is 7.11 Å². The Labute approximate surface area is 127 Å². The lowest BCUT2D eigenvalue weighted by Crippen LogP contribution is -2.21. The summed E-state index contributed by atoms with van der Waals surface area (Å²) < 4.78 is 24.1. The molecule has 0 fully saturated rings. The highest BCUT2D eigenvalue weighted by Gasteiger charge is 2.19. The first-order chi connectivity index (χ1) is 10.0. The predicted molar refractivity (Wildman–Crippen MR) is 79.5 cm³/mol. The molecule has 2 aromatic carbocycles. The Bertz CT molecular complexity index is 618. The van der Waals surface area contributed by atoms with Crippen LogP contribution in [0.1, 0.15) is 18.6 Å². The van der Waals surface area contributed by atoms with E-state index >= 15 is 0 Å². The van der Waals surface area contributed by atoms with Crippen molar-refractivity contribution in [2.45, 2.75) is 19.1 Å². The van der Waals surface area contributed by atoms with Crippen LogP contribution < -0.4 is 9.47 Å². The molecule has 0 radical (unpaired) electrons. The lowest BCUT2D eigenvalue weighted by Gasteiger charge is -2.21. The summed E-state index contributed by atoms with van der Waals surface area (Å²) in [4.78, 5) is 0. The van der Waals surface area contributed by atoms with Crippen LogP contribution in [-0.2, 0) is 0 Å². The van der Waals surface area contributed by atoms with Crippen molar-refractivity contribution in [3.63, 3.8) is 0 Å². The first-order valence-corrected chi connectivity index (χ1v) is 6.83. The van der Waals surface area contributed by atoms with Crippen molar-refractivity contribution in [2.24, 2.45) is 0 Å². The molecule has 0 aliphatic rings.